The summed E-state index contributed by atoms with van der Waals surface area (Å²) in [6.45, 7) is 9.43. The van der Waals surface area contributed by atoms with Crippen LogP contribution in [-0.4, -0.2) is 42.4 Å². The van der Waals surface area contributed by atoms with Gasteiger partial charge in [-0.1, -0.05) is 78.0 Å². The van der Waals surface area contributed by atoms with Crippen molar-refractivity contribution in [3.8, 4) is 0 Å². The molecule has 4 nitrogen and oxygen atoms in total. The van der Waals surface area contributed by atoms with Gasteiger partial charge in [-0.2, -0.15) is 0 Å². The molecular formula is C28H36N3OP. The minimum Gasteiger partial charge on any atom is -0.383 e. The van der Waals surface area contributed by atoms with Gasteiger partial charge in [-0.25, -0.2) is 0 Å². The maximum atomic E-state index is 5.72. The second-order valence-electron chi connectivity index (χ2n) is 8.98. The van der Waals surface area contributed by atoms with Crippen molar-refractivity contribution in [2.75, 3.05) is 26.2 Å². The second-order valence-corrected chi connectivity index (χ2v) is 10.4. The predicted molar refractivity (Wildman–Crippen MR) is 143 cm³/mol. The molecule has 2 aromatic carbocycles. The average molecular weight is 462 g/mol. The van der Waals surface area contributed by atoms with E-state index in [1.807, 2.05) is 25.2 Å². The van der Waals surface area contributed by atoms with Gasteiger partial charge in [-0.3, -0.25) is 4.90 Å². The van der Waals surface area contributed by atoms with Gasteiger partial charge in [0.05, 0.1) is 5.45 Å². The summed E-state index contributed by atoms with van der Waals surface area (Å²) in [5.74, 6) is 0.869. The predicted octanol–water partition coefficient (Wildman–Crippen LogP) is 6.07. The van der Waals surface area contributed by atoms with E-state index in [4.69, 9.17) is 4.84 Å². The molecule has 0 amide bonds. The average Bonchev–Trinajstić information content (AvgIpc) is 3.32. The number of fused-ring (bicyclic) bond motifs is 1. The summed E-state index contributed by atoms with van der Waals surface area (Å²) in [7, 11) is 0.631. The molecule has 1 N–H and O–H groups in total. The van der Waals surface area contributed by atoms with Crippen molar-refractivity contribution in [2.24, 2.45) is 11.1 Å². The molecule has 2 aliphatic rings. The Morgan fingerprint density at radius 1 is 1.12 bits per heavy atom. The number of piperidine rings is 1. The van der Waals surface area contributed by atoms with Gasteiger partial charge in [0, 0.05) is 13.1 Å². The van der Waals surface area contributed by atoms with Gasteiger partial charge >= 0.3 is 0 Å². The number of hydrogen-bond acceptors (Lipinski definition) is 4. The third kappa shape index (κ3) is 6.86. The summed E-state index contributed by atoms with van der Waals surface area (Å²) in [6.07, 6.45) is 12.8. The fourth-order valence-corrected chi connectivity index (χ4v) is 5.63. The fraction of sp³-hybridized carbons (Fsp3) is 0.393. The SMILES string of the molecule is C\C=C/C=C\C=C(/C)C1ON=C(CN2CCC(CNCc3cccc4ccccc34)CC2)P1. The Bertz CT molecular complexity index is 1030. The Morgan fingerprint density at radius 3 is 2.79 bits per heavy atom. The van der Waals surface area contributed by atoms with Crippen LogP contribution in [0.2, 0.25) is 0 Å². The second kappa shape index (κ2) is 12.3. The lowest BCUT2D eigenvalue weighted by atomic mass is 9.96. The number of nitrogens with zero attached hydrogens (tertiary/aromatic N) is 2. The largest absolute Gasteiger partial charge is 0.383 e. The topological polar surface area (TPSA) is 36.9 Å². The first-order chi connectivity index (χ1) is 16.2. The van der Waals surface area contributed by atoms with E-state index in [0.717, 1.165) is 38.6 Å². The van der Waals surface area contributed by atoms with Crippen LogP contribution >= 0.6 is 8.58 Å². The van der Waals surface area contributed by atoms with Crippen LogP contribution in [0.1, 0.15) is 32.3 Å². The van der Waals surface area contributed by atoms with Crippen LogP contribution in [-0.2, 0) is 11.4 Å². The minimum absolute atomic E-state index is 0.117. The summed E-state index contributed by atoms with van der Waals surface area (Å²) >= 11 is 0. The van der Waals surface area contributed by atoms with E-state index in [1.165, 1.54) is 40.2 Å². The van der Waals surface area contributed by atoms with Gasteiger partial charge in [-0.05, 0) is 82.7 Å². The van der Waals surface area contributed by atoms with Gasteiger partial charge in [-0.15, -0.1) is 0 Å². The molecule has 174 valence electrons. The highest BCUT2D eigenvalue weighted by Gasteiger charge is 2.26. The number of nitrogens with one attached hydrogen (secondary N) is 1. The molecule has 2 heterocycles. The van der Waals surface area contributed by atoms with Gasteiger partial charge in [0.25, 0.3) is 0 Å². The molecule has 0 aliphatic carbocycles. The zero-order valence-electron chi connectivity index (χ0n) is 19.8. The molecule has 5 heteroatoms. The summed E-state index contributed by atoms with van der Waals surface area (Å²) < 4.78 is 0. The maximum absolute atomic E-state index is 5.72. The van der Waals surface area contributed by atoms with E-state index >= 15 is 0 Å². The summed E-state index contributed by atoms with van der Waals surface area (Å²) in [4.78, 5) is 8.26. The Hall–Kier alpha value is -2.26. The van der Waals surface area contributed by atoms with Crippen molar-refractivity contribution in [2.45, 2.75) is 39.1 Å². The van der Waals surface area contributed by atoms with E-state index in [0.29, 0.717) is 8.58 Å². The normalized spacial score (nSPS) is 21.5. The third-order valence-electron chi connectivity index (χ3n) is 6.46. The highest BCUT2D eigenvalue weighted by Crippen LogP contribution is 2.35. The lowest BCUT2D eigenvalue weighted by molar-refractivity contribution is 0.148. The highest BCUT2D eigenvalue weighted by atomic mass is 31.1. The Kier molecular flexibility index (Phi) is 8.88. The van der Waals surface area contributed by atoms with Gasteiger partial charge in [0.15, 0.2) is 5.85 Å². The van der Waals surface area contributed by atoms with Crippen LogP contribution < -0.4 is 5.32 Å². The number of allylic oxidation sites excluding steroid dienone is 5. The molecule has 2 aliphatic heterocycles. The number of likely N-dealkylation sites (tertiary alicyclic amines) is 1. The molecular weight excluding hydrogens is 425 g/mol. The first kappa shape index (κ1) is 23.9. The first-order valence-corrected chi connectivity index (χ1v) is 13.2. The lowest BCUT2D eigenvalue weighted by Gasteiger charge is -2.31. The number of benzene rings is 2. The molecule has 0 bridgehead atoms. The molecule has 33 heavy (non-hydrogen) atoms. The molecule has 0 spiro atoms. The van der Waals surface area contributed by atoms with Gasteiger partial charge in [0.1, 0.15) is 0 Å². The Labute approximate surface area is 200 Å². The van der Waals surface area contributed by atoms with Crippen LogP contribution in [0.15, 0.2) is 83.6 Å². The molecule has 2 unspecified atom stereocenters. The smallest absolute Gasteiger partial charge is 0.169 e. The van der Waals surface area contributed by atoms with Crippen molar-refractivity contribution in [3.63, 3.8) is 0 Å². The first-order valence-electron chi connectivity index (χ1n) is 12.1. The van der Waals surface area contributed by atoms with Crippen LogP contribution in [0.4, 0.5) is 0 Å². The molecule has 0 radical (unpaired) electrons. The summed E-state index contributed by atoms with van der Waals surface area (Å²) in [5.41, 5.74) is 3.84. The standard InChI is InChI=1S/C28H36N3OP/c1-3-4-5-6-10-22(2)28-32-30-27(33-28)21-31-17-15-23(16-18-31)19-29-20-25-13-9-12-24-11-7-8-14-26(24)25/h3-14,23,28-29,33H,15-21H2,1-2H3/b4-3-,6-5-,22-10+. The maximum Gasteiger partial charge on any atom is 0.169 e. The zero-order chi connectivity index (χ0) is 22.9. The molecule has 4 rings (SSSR count). The Morgan fingerprint density at radius 2 is 1.94 bits per heavy atom. The quantitative estimate of drug-likeness (QED) is 0.364. The van der Waals surface area contributed by atoms with Crippen LogP contribution in [0, 0.1) is 5.92 Å². The van der Waals surface area contributed by atoms with Crippen molar-refractivity contribution in [1.82, 2.24) is 10.2 Å². The van der Waals surface area contributed by atoms with E-state index < -0.39 is 0 Å². The number of hydrogen-bond donors (Lipinski definition) is 1. The van der Waals surface area contributed by atoms with E-state index in [-0.39, 0.29) is 5.85 Å². The molecule has 0 saturated carbocycles. The Balaban J connectivity index is 1.16. The van der Waals surface area contributed by atoms with Crippen molar-refractivity contribution in [1.29, 1.82) is 0 Å². The van der Waals surface area contributed by atoms with Crippen LogP contribution in [0.25, 0.3) is 10.8 Å². The highest BCUT2D eigenvalue weighted by molar-refractivity contribution is 7.59. The van der Waals surface area contributed by atoms with Crippen molar-refractivity contribution in [3.05, 3.63) is 84.0 Å². The summed E-state index contributed by atoms with van der Waals surface area (Å²) in [5, 5.41) is 10.8. The monoisotopic (exact) mass is 461 g/mol. The van der Waals surface area contributed by atoms with E-state index in [2.05, 4.69) is 76.9 Å². The van der Waals surface area contributed by atoms with Gasteiger partial charge in [0.2, 0.25) is 0 Å². The number of rotatable bonds is 9. The molecule has 2 atom stereocenters. The lowest BCUT2D eigenvalue weighted by Crippen LogP contribution is -2.39. The van der Waals surface area contributed by atoms with Crippen molar-refractivity contribution < 1.29 is 4.84 Å². The zero-order valence-corrected chi connectivity index (χ0v) is 20.8. The van der Waals surface area contributed by atoms with E-state index in [1.54, 1.807) is 0 Å². The third-order valence-corrected chi connectivity index (χ3v) is 7.87. The van der Waals surface area contributed by atoms with Crippen LogP contribution in [0.5, 0.6) is 0 Å². The van der Waals surface area contributed by atoms with Crippen LogP contribution in [0.3, 0.4) is 0 Å². The molecule has 2 aromatic rings. The molecule has 1 saturated heterocycles. The van der Waals surface area contributed by atoms with Gasteiger partial charge < -0.3 is 10.2 Å². The number of oxime groups is 1. The van der Waals surface area contributed by atoms with Crippen molar-refractivity contribution >= 4 is 24.8 Å². The molecule has 0 aromatic heterocycles. The molecule has 1 fully saturated rings. The van der Waals surface area contributed by atoms with E-state index in [9.17, 15) is 0 Å². The summed E-state index contributed by atoms with van der Waals surface area (Å²) in [6, 6.07) is 15.3. The minimum atomic E-state index is 0.117. The fourth-order valence-electron chi connectivity index (χ4n) is 4.48.